The van der Waals surface area contributed by atoms with Crippen LogP contribution in [-0.4, -0.2) is 54.5 Å². The van der Waals surface area contributed by atoms with E-state index in [1.165, 1.54) is 6.33 Å². The van der Waals surface area contributed by atoms with Gasteiger partial charge in [-0.1, -0.05) is 6.42 Å². The Morgan fingerprint density at radius 1 is 0.971 bits per heavy atom. The van der Waals surface area contributed by atoms with Gasteiger partial charge in [-0.15, -0.1) is 0 Å². The molecule has 0 spiro atoms. The van der Waals surface area contributed by atoms with Gasteiger partial charge in [0.2, 0.25) is 5.88 Å². The molecule has 0 saturated carbocycles. The number of rotatable bonds is 7. The second-order valence-electron chi connectivity index (χ2n) is 8.26. The summed E-state index contributed by atoms with van der Waals surface area (Å²) in [5.41, 5.74) is 1.27. The smallest absolute Gasteiger partial charge is 0.436 e. The van der Waals surface area contributed by atoms with Crippen molar-refractivity contribution >= 4 is 22.7 Å². The molecule has 0 radical (unpaired) electrons. The number of fused-ring (bicyclic) bond motifs is 1. The van der Waals surface area contributed by atoms with Gasteiger partial charge < -0.3 is 18.9 Å². The first-order chi connectivity index (χ1) is 16.5. The van der Waals surface area contributed by atoms with Crippen LogP contribution in [0, 0.1) is 0 Å². The molecular weight excluding hydrogens is 436 g/mol. The molecule has 0 aliphatic carbocycles. The van der Waals surface area contributed by atoms with Crippen molar-refractivity contribution < 1.29 is 23.7 Å². The van der Waals surface area contributed by atoms with Crippen molar-refractivity contribution in [2.24, 2.45) is 0 Å². The van der Waals surface area contributed by atoms with E-state index in [1.807, 2.05) is 43.1 Å². The summed E-state index contributed by atoms with van der Waals surface area (Å²) in [4.78, 5) is 22.0. The summed E-state index contributed by atoms with van der Waals surface area (Å²) < 4.78 is 22.3. The minimum Gasteiger partial charge on any atom is -0.493 e. The number of ether oxygens (including phenoxy) is 4. The Morgan fingerprint density at radius 3 is 2.29 bits per heavy atom. The zero-order chi connectivity index (χ0) is 24.1. The van der Waals surface area contributed by atoms with E-state index < -0.39 is 6.09 Å². The second kappa shape index (κ2) is 10.6. The van der Waals surface area contributed by atoms with E-state index in [-0.39, 0.29) is 12.0 Å². The maximum atomic E-state index is 13.5. The molecule has 3 aromatic rings. The molecule has 9 nitrogen and oxygen atoms in total. The molecule has 2 heterocycles. The van der Waals surface area contributed by atoms with Gasteiger partial charge in [-0.3, -0.25) is 0 Å². The molecule has 0 unspecified atom stereocenters. The number of hydrazine groups is 1. The number of carbonyl (C=O) groups is 1. The van der Waals surface area contributed by atoms with Crippen molar-refractivity contribution in [2.45, 2.75) is 39.2 Å². The maximum Gasteiger partial charge on any atom is 0.436 e. The highest BCUT2D eigenvalue weighted by Crippen LogP contribution is 2.35. The molecule has 34 heavy (non-hydrogen) atoms. The first-order valence-electron chi connectivity index (χ1n) is 11.4. The third-order valence-electron chi connectivity index (χ3n) is 5.53. The van der Waals surface area contributed by atoms with Crippen molar-refractivity contribution in [3.05, 3.63) is 42.7 Å². The third kappa shape index (κ3) is 5.14. The van der Waals surface area contributed by atoms with Crippen LogP contribution in [0.5, 0.6) is 23.1 Å². The summed E-state index contributed by atoms with van der Waals surface area (Å²) in [7, 11) is 3.10. The van der Waals surface area contributed by atoms with Crippen molar-refractivity contribution in [2.75, 3.05) is 32.3 Å². The third-order valence-corrected chi connectivity index (χ3v) is 5.53. The lowest BCUT2D eigenvalue weighted by Gasteiger charge is -2.36. The van der Waals surface area contributed by atoms with Gasteiger partial charge in [-0.25, -0.2) is 24.8 Å². The van der Waals surface area contributed by atoms with E-state index >= 15 is 0 Å². The molecular formula is C25H30N4O5. The molecule has 0 atom stereocenters. The number of hydrogen-bond acceptors (Lipinski definition) is 8. The number of carbonyl (C=O) groups excluding carboxylic acids is 1. The number of hydrogen-bond donors (Lipinski definition) is 0. The highest BCUT2D eigenvalue weighted by Gasteiger charge is 2.28. The first-order valence-corrected chi connectivity index (χ1v) is 11.4. The molecule has 0 bridgehead atoms. The maximum absolute atomic E-state index is 13.5. The Balaban J connectivity index is 1.66. The average molecular weight is 467 g/mol. The molecule has 1 aromatic heterocycles. The zero-order valence-corrected chi connectivity index (χ0v) is 20.0. The van der Waals surface area contributed by atoms with Crippen LogP contribution in [0.25, 0.3) is 10.9 Å². The largest absolute Gasteiger partial charge is 0.493 e. The number of benzene rings is 2. The Kier molecular flexibility index (Phi) is 7.32. The topological polar surface area (TPSA) is 86.3 Å². The van der Waals surface area contributed by atoms with Crippen molar-refractivity contribution in [3.63, 3.8) is 0 Å². The fraction of sp³-hybridized carbons (Fsp3) is 0.400. The minimum atomic E-state index is -0.547. The fourth-order valence-electron chi connectivity index (χ4n) is 3.97. The van der Waals surface area contributed by atoms with E-state index in [4.69, 9.17) is 18.9 Å². The van der Waals surface area contributed by atoms with E-state index in [0.717, 1.165) is 38.1 Å². The first kappa shape index (κ1) is 23.6. The summed E-state index contributed by atoms with van der Waals surface area (Å²) in [5.74, 6) is 1.92. The Morgan fingerprint density at radius 2 is 1.65 bits per heavy atom. The summed E-state index contributed by atoms with van der Waals surface area (Å²) in [6.45, 7) is 5.47. The number of piperidine rings is 1. The lowest BCUT2D eigenvalue weighted by Crippen LogP contribution is -2.50. The summed E-state index contributed by atoms with van der Waals surface area (Å²) in [6.07, 6.45) is 4.03. The van der Waals surface area contributed by atoms with E-state index in [1.54, 1.807) is 31.4 Å². The molecule has 0 N–H and O–H groups in total. The van der Waals surface area contributed by atoms with E-state index in [9.17, 15) is 4.79 Å². The molecule has 1 aliphatic rings. The van der Waals surface area contributed by atoms with Crippen molar-refractivity contribution in [1.29, 1.82) is 0 Å². The monoisotopic (exact) mass is 466 g/mol. The van der Waals surface area contributed by atoms with Crippen molar-refractivity contribution in [3.8, 4) is 23.1 Å². The van der Waals surface area contributed by atoms with Crippen LogP contribution in [0.4, 0.5) is 10.5 Å². The van der Waals surface area contributed by atoms with Crippen LogP contribution in [0.1, 0.15) is 33.1 Å². The molecule has 180 valence electrons. The molecule has 9 heteroatoms. The molecule has 1 amide bonds. The van der Waals surface area contributed by atoms with Crippen LogP contribution in [0.3, 0.4) is 0 Å². The summed E-state index contributed by atoms with van der Waals surface area (Å²) in [5, 5.41) is 4.14. The van der Waals surface area contributed by atoms with Gasteiger partial charge in [0.25, 0.3) is 0 Å². The van der Waals surface area contributed by atoms with Gasteiger partial charge in [0.05, 0.1) is 36.9 Å². The second-order valence-corrected chi connectivity index (χ2v) is 8.26. The van der Waals surface area contributed by atoms with Gasteiger partial charge in [-0.2, -0.15) is 0 Å². The van der Waals surface area contributed by atoms with Crippen LogP contribution in [0.15, 0.2) is 42.7 Å². The normalized spacial score (nSPS) is 14.1. The molecule has 4 rings (SSSR count). The van der Waals surface area contributed by atoms with Crippen molar-refractivity contribution in [1.82, 2.24) is 15.0 Å². The number of aromatic nitrogens is 2. The predicted octanol–water partition coefficient (Wildman–Crippen LogP) is 4.84. The fourth-order valence-corrected chi connectivity index (χ4v) is 3.97. The standard InChI is InChI=1S/C25H30N4O5/c1-17(2)33-19-10-8-18(9-11-19)29(28-12-6-5-7-13-28)25(30)34-24-20-14-22(31-3)23(32-4)15-21(20)26-16-27-24/h8-11,14-17H,5-7,12-13H2,1-4H3. The number of amides is 1. The Hall–Kier alpha value is -3.59. The Bertz CT molecular complexity index is 1130. The predicted molar refractivity (Wildman–Crippen MR) is 129 cm³/mol. The lowest BCUT2D eigenvalue weighted by molar-refractivity contribution is 0.161. The zero-order valence-electron chi connectivity index (χ0n) is 20.0. The summed E-state index contributed by atoms with van der Waals surface area (Å²) in [6, 6.07) is 10.9. The van der Waals surface area contributed by atoms with Crippen LogP contribution in [0.2, 0.25) is 0 Å². The van der Waals surface area contributed by atoms with Gasteiger partial charge in [0.1, 0.15) is 12.1 Å². The van der Waals surface area contributed by atoms with Gasteiger partial charge in [-0.05, 0) is 57.0 Å². The molecule has 2 aromatic carbocycles. The van der Waals surface area contributed by atoms with Gasteiger partial charge >= 0.3 is 6.09 Å². The number of methoxy groups -OCH3 is 2. The minimum absolute atomic E-state index is 0.0654. The van der Waals surface area contributed by atoms with Gasteiger partial charge in [0, 0.05) is 19.2 Å². The highest BCUT2D eigenvalue weighted by molar-refractivity contribution is 5.92. The summed E-state index contributed by atoms with van der Waals surface area (Å²) >= 11 is 0. The Labute approximate surface area is 199 Å². The average Bonchev–Trinajstić information content (AvgIpc) is 2.85. The van der Waals surface area contributed by atoms with E-state index in [2.05, 4.69) is 9.97 Å². The lowest BCUT2D eigenvalue weighted by atomic mass is 10.1. The molecule has 1 saturated heterocycles. The number of anilines is 1. The highest BCUT2D eigenvalue weighted by atomic mass is 16.6. The molecule has 1 fully saturated rings. The van der Waals surface area contributed by atoms with Crippen LogP contribution in [-0.2, 0) is 0 Å². The van der Waals surface area contributed by atoms with Crippen LogP contribution < -0.4 is 24.0 Å². The SMILES string of the molecule is COc1cc2ncnc(OC(=O)N(c3ccc(OC(C)C)cc3)N3CCCCC3)c2cc1OC. The molecule has 1 aliphatic heterocycles. The van der Waals surface area contributed by atoms with E-state index in [0.29, 0.717) is 28.1 Å². The number of nitrogens with zero attached hydrogens (tertiary/aromatic N) is 4. The van der Waals surface area contributed by atoms with Gasteiger partial charge in [0.15, 0.2) is 11.5 Å². The van der Waals surface area contributed by atoms with Crippen LogP contribution >= 0.6 is 0 Å². The quantitative estimate of drug-likeness (QED) is 0.489.